The molecule has 0 aliphatic heterocycles. The normalized spacial score (nSPS) is 17.1. The van der Waals surface area contributed by atoms with Gasteiger partial charge in [0.2, 0.25) is 0 Å². The van der Waals surface area contributed by atoms with E-state index in [4.69, 9.17) is 4.74 Å². The lowest BCUT2D eigenvalue weighted by molar-refractivity contribution is 0.254. The van der Waals surface area contributed by atoms with Gasteiger partial charge in [-0.25, -0.2) is 0 Å². The molecule has 2 rings (SSSR count). The minimum Gasteiger partial charge on any atom is -0.492 e. The summed E-state index contributed by atoms with van der Waals surface area (Å²) in [5.41, 5.74) is 1.02. The maximum atomic E-state index is 5.67. The van der Waals surface area contributed by atoms with Crippen molar-refractivity contribution in [3.05, 3.63) is 24.0 Å². The number of pyridine rings is 1. The van der Waals surface area contributed by atoms with E-state index in [0.717, 1.165) is 30.6 Å². The minimum atomic E-state index is 0.543. The number of hydrogen-bond donors (Lipinski definition) is 1. The Bertz CT molecular complexity index is 319. The molecule has 1 aromatic heterocycles. The highest BCUT2D eigenvalue weighted by Gasteiger charge is 2.20. The lowest BCUT2D eigenvalue weighted by Gasteiger charge is -2.13. The summed E-state index contributed by atoms with van der Waals surface area (Å²) in [6.07, 6.45) is 4.47. The van der Waals surface area contributed by atoms with Crippen LogP contribution in [0.5, 0.6) is 5.75 Å². The molecule has 3 heteroatoms. The number of aromatic nitrogens is 1. The molecular formula is C13H20N2O. The maximum absolute atomic E-state index is 5.67. The van der Waals surface area contributed by atoms with Crippen molar-refractivity contribution < 1.29 is 4.74 Å². The Morgan fingerprint density at radius 2 is 2.31 bits per heavy atom. The molecule has 1 N–H and O–H groups in total. The summed E-state index contributed by atoms with van der Waals surface area (Å²) in [5.74, 6) is 1.41. The average Bonchev–Trinajstić information content (AvgIpc) is 3.09. The molecule has 0 bridgehead atoms. The fourth-order valence-corrected chi connectivity index (χ4v) is 1.49. The van der Waals surface area contributed by atoms with Crippen LogP contribution in [0.25, 0.3) is 0 Å². The lowest BCUT2D eigenvalue weighted by atomic mass is 10.2. The van der Waals surface area contributed by atoms with E-state index in [1.165, 1.54) is 12.8 Å². The fourth-order valence-electron chi connectivity index (χ4n) is 1.49. The van der Waals surface area contributed by atoms with Crippen molar-refractivity contribution >= 4 is 0 Å². The largest absolute Gasteiger partial charge is 0.492 e. The van der Waals surface area contributed by atoms with Crippen LogP contribution in [0, 0.1) is 12.8 Å². The standard InChI is InChI=1S/C13H20N2O/c1-10(7-15-12-4-5-12)9-16-13-6-3-11(2)14-8-13/h3,6,8,10,12,15H,4-5,7,9H2,1-2H3. The van der Waals surface area contributed by atoms with Gasteiger partial charge in [0.15, 0.2) is 0 Å². The Hall–Kier alpha value is -1.09. The van der Waals surface area contributed by atoms with Crippen LogP contribution in [0.4, 0.5) is 0 Å². The number of nitrogens with one attached hydrogen (secondary N) is 1. The van der Waals surface area contributed by atoms with Crippen molar-refractivity contribution in [2.75, 3.05) is 13.2 Å². The molecule has 1 heterocycles. The van der Waals surface area contributed by atoms with Crippen molar-refractivity contribution in [2.45, 2.75) is 32.7 Å². The van der Waals surface area contributed by atoms with Crippen molar-refractivity contribution in [2.24, 2.45) is 5.92 Å². The third-order valence-electron chi connectivity index (χ3n) is 2.75. The highest BCUT2D eigenvalue weighted by Crippen LogP contribution is 2.18. The second-order valence-electron chi connectivity index (χ2n) is 4.73. The van der Waals surface area contributed by atoms with Crippen molar-refractivity contribution in [1.82, 2.24) is 10.3 Å². The first-order valence-corrected chi connectivity index (χ1v) is 6.03. The third kappa shape index (κ3) is 3.81. The molecule has 1 aliphatic carbocycles. The molecule has 3 nitrogen and oxygen atoms in total. The second kappa shape index (κ2) is 5.30. The minimum absolute atomic E-state index is 0.543. The molecule has 1 aromatic rings. The first-order valence-electron chi connectivity index (χ1n) is 6.03. The molecule has 16 heavy (non-hydrogen) atoms. The van der Waals surface area contributed by atoms with Crippen LogP contribution in [0.1, 0.15) is 25.5 Å². The van der Waals surface area contributed by atoms with Crippen LogP contribution < -0.4 is 10.1 Å². The van der Waals surface area contributed by atoms with Crippen molar-refractivity contribution in [3.8, 4) is 5.75 Å². The van der Waals surface area contributed by atoms with Crippen LogP contribution in [-0.4, -0.2) is 24.2 Å². The van der Waals surface area contributed by atoms with E-state index in [2.05, 4.69) is 17.2 Å². The average molecular weight is 220 g/mol. The number of nitrogens with zero attached hydrogens (tertiary/aromatic N) is 1. The predicted molar refractivity (Wildman–Crippen MR) is 64.7 cm³/mol. The van der Waals surface area contributed by atoms with Gasteiger partial charge in [0.05, 0.1) is 12.8 Å². The molecule has 0 radical (unpaired) electrons. The first kappa shape index (κ1) is 11.4. The zero-order valence-corrected chi connectivity index (χ0v) is 10.1. The number of ether oxygens (including phenoxy) is 1. The number of rotatable bonds is 6. The molecule has 1 atom stereocenters. The van der Waals surface area contributed by atoms with E-state index >= 15 is 0 Å². The van der Waals surface area contributed by atoms with Crippen LogP contribution in [-0.2, 0) is 0 Å². The molecule has 0 aromatic carbocycles. The van der Waals surface area contributed by atoms with E-state index < -0.39 is 0 Å². The Morgan fingerprint density at radius 1 is 1.50 bits per heavy atom. The summed E-state index contributed by atoms with van der Waals surface area (Å²) in [6, 6.07) is 4.73. The smallest absolute Gasteiger partial charge is 0.137 e. The molecule has 0 saturated heterocycles. The van der Waals surface area contributed by atoms with E-state index in [1.54, 1.807) is 6.20 Å². The van der Waals surface area contributed by atoms with E-state index in [0.29, 0.717) is 5.92 Å². The van der Waals surface area contributed by atoms with Gasteiger partial charge in [-0.15, -0.1) is 0 Å². The van der Waals surface area contributed by atoms with E-state index in [9.17, 15) is 0 Å². The number of aryl methyl sites for hydroxylation is 1. The van der Waals surface area contributed by atoms with Crippen molar-refractivity contribution in [1.29, 1.82) is 0 Å². The molecule has 1 saturated carbocycles. The molecule has 88 valence electrons. The van der Waals surface area contributed by atoms with Gasteiger partial charge >= 0.3 is 0 Å². The fraction of sp³-hybridized carbons (Fsp3) is 0.615. The summed E-state index contributed by atoms with van der Waals surface area (Å²) in [5, 5.41) is 3.51. The first-order chi connectivity index (χ1) is 7.74. The molecule has 0 spiro atoms. The van der Waals surface area contributed by atoms with Crippen LogP contribution in [0.2, 0.25) is 0 Å². The highest BCUT2D eigenvalue weighted by molar-refractivity contribution is 5.18. The monoisotopic (exact) mass is 220 g/mol. The molecule has 1 unspecified atom stereocenters. The van der Waals surface area contributed by atoms with Crippen LogP contribution in [0.15, 0.2) is 18.3 Å². The Kier molecular flexibility index (Phi) is 3.78. The summed E-state index contributed by atoms with van der Waals surface area (Å²) >= 11 is 0. The quantitative estimate of drug-likeness (QED) is 0.797. The summed E-state index contributed by atoms with van der Waals surface area (Å²) in [4.78, 5) is 4.20. The van der Waals surface area contributed by atoms with Gasteiger partial charge < -0.3 is 10.1 Å². The zero-order chi connectivity index (χ0) is 11.4. The van der Waals surface area contributed by atoms with E-state index in [-0.39, 0.29) is 0 Å². The Labute approximate surface area is 97.2 Å². The lowest BCUT2D eigenvalue weighted by Crippen LogP contribution is -2.26. The second-order valence-corrected chi connectivity index (χ2v) is 4.73. The van der Waals surface area contributed by atoms with Crippen LogP contribution >= 0.6 is 0 Å². The summed E-state index contributed by atoms with van der Waals surface area (Å²) < 4.78 is 5.67. The van der Waals surface area contributed by atoms with E-state index in [1.807, 2.05) is 19.1 Å². The zero-order valence-electron chi connectivity index (χ0n) is 10.1. The Morgan fingerprint density at radius 3 is 2.94 bits per heavy atom. The topological polar surface area (TPSA) is 34.1 Å². The van der Waals surface area contributed by atoms with Gasteiger partial charge in [0.25, 0.3) is 0 Å². The highest BCUT2D eigenvalue weighted by atomic mass is 16.5. The SMILES string of the molecule is Cc1ccc(OCC(C)CNC2CC2)cn1. The molecule has 1 fully saturated rings. The predicted octanol–water partition coefficient (Wildman–Crippen LogP) is 2.16. The van der Waals surface area contributed by atoms with Crippen LogP contribution in [0.3, 0.4) is 0 Å². The number of hydrogen-bond acceptors (Lipinski definition) is 3. The van der Waals surface area contributed by atoms with Gasteiger partial charge in [-0.3, -0.25) is 4.98 Å². The van der Waals surface area contributed by atoms with Crippen molar-refractivity contribution in [3.63, 3.8) is 0 Å². The third-order valence-corrected chi connectivity index (χ3v) is 2.75. The van der Waals surface area contributed by atoms with Gasteiger partial charge in [-0.1, -0.05) is 6.92 Å². The summed E-state index contributed by atoms with van der Waals surface area (Å²) in [7, 11) is 0. The molecular weight excluding hydrogens is 200 g/mol. The maximum Gasteiger partial charge on any atom is 0.137 e. The molecule has 1 aliphatic rings. The molecule has 0 amide bonds. The summed E-state index contributed by atoms with van der Waals surface area (Å²) in [6.45, 7) is 5.98. The van der Waals surface area contributed by atoms with Gasteiger partial charge in [0.1, 0.15) is 5.75 Å². The Balaban J connectivity index is 1.67. The van der Waals surface area contributed by atoms with Gasteiger partial charge in [-0.05, 0) is 31.9 Å². The van der Waals surface area contributed by atoms with Gasteiger partial charge in [0, 0.05) is 24.2 Å². The van der Waals surface area contributed by atoms with Gasteiger partial charge in [-0.2, -0.15) is 0 Å².